The molecule has 128 valence electrons. The van der Waals surface area contributed by atoms with E-state index in [4.69, 9.17) is 14.7 Å². The first-order chi connectivity index (χ1) is 11.4. The number of hydrogen-bond acceptors (Lipinski definition) is 4. The Bertz CT molecular complexity index is 672. The molecule has 1 amide bonds. The highest BCUT2D eigenvalue weighted by molar-refractivity contribution is 5.69. The van der Waals surface area contributed by atoms with Crippen LogP contribution < -0.4 is 0 Å². The maximum absolute atomic E-state index is 12.5. The number of nitriles is 1. The molecule has 0 saturated carbocycles. The number of hydrogen-bond donors (Lipinski definition) is 0. The van der Waals surface area contributed by atoms with Gasteiger partial charge in [0.2, 0.25) is 0 Å². The number of amides is 1. The average Bonchev–Trinajstić information content (AvgIpc) is 3.01. The lowest BCUT2D eigenvalue weighted by Crippen LogP contribution is -2.43. The predicted octanol–water partition coefficient (Wildman–Crippen LogP) is 3.57. The van der Waals surface area contributed by atoms with Gasteiger partial charge in [-0.25, -0.2) is 4.79 Å². The SMILES string of the molecule is CC(C)(C)OC(=O)N1CCC[C@H]1[C@H]1OCCc2cc(C#N)ccc21. The molecular formula is C19H24N2O3. The maximum atomic E-state index is 12.5. The van der Waals surface area contributed by atoms with Crippen LogP contribution in [0.3, 0.4) is 0 Å². The van der Waals surface area contributed by atoms with E-state index in [9.17, 15) is 4.79 Å². The first-order valence-corrected chi connectivity index (χ1v) is 8.53. The number of carbonyl (C=O) groups is 1. The van der Waals surface area contributed by atoms with Crippen molar-refractivity contribution in [1.82, 2.24) is 4.90 Å². The average molecular weight is 328 g/mol. The molecule has 1 aromatic rings. The van der Waals surface area contributed by atoms with E-state index in [2.05, 4.69) is 6.07 Å². The third kappa shape index (κ3) is 3.39. The van der Waals surface area contributed by atoms with Gasteiger partial charge in [0.05, 0.1) is 24.3 Å². The van der Waals surface area contributed by atoms with Crippen LogP contribution >= 0.6 is 0 Å². The monoisotopic (exact) mass is 328 g/mol. The van der Waals surface area contributed by atoms with Gasteiger partial charge in [0.15, 0.2) is 0 Å². The highest BCUT2D eigenvalue weighted by Gasteiger charge is 2.40. The van der Waals surface area contributed by atoms with Gasteiger partial charge in [-0.05, 0) is 63.3 Å². The van der Waals surface area contributed by atoms with Crippen molar-refractivity contribution < 1.29 is 14.3 Å². The van der Waals surface area contributed by atoms with Crippen LogP contribution in [-0.2, 0) is 15.9 Å². The standard InChI is InChI=1S/C19H24N2O3/c1-19(2,3)24-18(22)21-9-4-5-16(21)17-15-7-6-13(12-20)11-14(15)8-10-23-17/h6-7,11,16-17H,4-5,8-10H2,1-3H3/t16-,17-/m0/s1. The van der Waals surface area contributed by atoms with Crippen molar-refractivity contribution in [2.45, 2.75) is 57.8 Å². The molecule has 0 aromatic heterocycles. The molecule has 24 heavy (non-hydrogen) atoms. The fraction of sp³-hybridized carbons (Fsp3) is 0.579. The van der Waals surface area contributed by atoms with Crippen molar-refractivity contribution in [2.75, 3.05) is 13.2 Å². The van der Waals surface area contributed by atoms with E-state index in [1.807, 2.05) is 43.9 Å². The molecular weight excluding hydrogens is 304 g/mol. The summed E-state index contributed by atoms with van der Waals surface area (Å²) >= 11 is 0. The normalized spacial score (nSPS) is 23.5. The molecule has 0 aliphatic carbocycles. The topological polar surface area (TPSA) is 62.6 Å². The van der Waals surface area contributed by atoms with E-state index >= 15 is 0 Å². The quantitative estimate of drug-likeness (QED) is 0.790. The fourth-order valence-corrected chi connectivity index (χ4v) is 3.53. The van der Waals surface area contributed by atoms with Crippen molar-refractivity contribution in [2.24, 2.45) is 0 Å². The van der Waals surface area contributed by atoms with Crippen LogP contribution in [0.25, 0.3) is 0 Å². The van der Waals surface area contributed by atoms with Gasteiger partial charge in [-0.3, -0.25) is 0 Å². The van der Waals surface area contributed by atoms with E-state index in [1.54, 1.807) is 0 Å². The third-order valence-electron chi connectivity index (χ3n) is 4.52. The summed E-state index contributed by atoms with van der Waals surface area (Å²) in [7, 11) is 0. The minimum absolute atomic E-state index is 0.00756. The Labute approximate surface area is 143 Å². The molecule has 2 aliphatic heterocycles. The van der Waals surface area contributed by atoms with Crippen LogP contribution in [0.5, 0.6) is 0 Å². The molecule has 3 rings (SSSR count). The Balaban J connectivity index is 1.84. The molecule has 2 aliphatic rings. The number of likely N-dealkylation sites (tertiary alicyclic amines) is 1. The number of nitrogens with zero attached hydrogens (tertiary/aromatic N) is 2. The van der Waals surface area contributed by atoms with Crippen LogP contribution in [-0.4, -0.2) is 35.8 Å². The van der Waals surface area contributed by atoms with E-state index in [1.165, 1.54) is 0 Å². The smallest absolute Gasteiger partial charge is 0.410 e. The lowest BCUT2D eigenvalue weighted by molar-refractivity contribution is -0.0265. The second kappa shape index (κ2) is 6.45. The Morgan fingerprint density at radius 1 is 1.42 bits per heavy atom. The number of carbonyl (C=O) groups excluding carboxylic acids is 1. The van der Waals surface area contributed by atoms with Gasteiger partial charge in [-0.1, -0.05) is 6.07 Å². The van der Waals surface area contributed by atoms with Crippen molar-refractivity contribution in [3.05, 3.63) is 34.9 Å². The fourth-order valence-electron chi connectivity index (χ4n) is 3.53. The summed E-state index contributed by atoms with van der Waals surface area (Å²) in [5, 5.41) is 9.09. The van der Waals surface area contributed by atoms with E-state index in [0.717, 1.165) is 30.4 Å². The zero-order valence-electron chi connectivity index (χ0n) is 14.5. The lowest BCUT2D eigenvalue weighted by atomic mass is 9.91. The minimum Gasteiger partial charge on any atom is -0.444 e. The zero-order valence-corrected chi connectivity index (χ0v) is 14.5. The Morgan fingerprint density at radius 2 is 2.21 bits per heavy atom. The number of benzene rings is 1. The van der Waals surface area contributed by atoms with Gasteiger partial charge in [0.1, 0.15) is 11.7 Å². The summed E-state index contributed by atoms with van der Waals surface area (Å²) in [5.74, 6) is 0. The maximum Gasteiger partial charge on any atom is 0.410 e. The van der Waals surface area contributed by atoms with Crippen molar-refractivity contribution >= 4 is 6.09 Å². The molecule has 1 fully saturated rings. The predicted molar refractivity (Wildman–Crippen MR) is 89.5 cm³/mol. The Kier molecular flexibility index (Phi) is 4.51. The first kappa shape index (κ1) is 16.8. The first-order valence-electron chi connectivity index (χ1n) is 8.53. The van der Waals surface area contributed by atoms with E-state index in [0.29, 0.717) is 18.7 Å². The second-order valence-electron chi connectivity index (χ2n) is 7.45. The van der Waals surface area contributed by atoms with E-state index in [-0.39, 0.29) is 18.2 Å². The highest BCUT2D eigenvalue weighted by atomic mass is 16.6. The molecule has 5 heteroatoms. The van der Waals surface area contributed by atoms with Crippen LogP contribution in [0.15, 0.2) is 18.2 Å². The van der Waals surface area contributed by atoms with Gasteiger partial charge >= 0.3 is 6.09 Å². The van der Waals surface area contributed by atoms with Crippen molar-refractivity contribution in [1.29, 1.82) is 5.26 Å². The molecule has 0 spiro atoms. The molecule has 5 nitrogen and oxygen atoms in total. The number of rotatable bonds is 1. The number of fused-ring (bicyclic) bond motifs is 1. The summed E-state index contributed by atoms with van der Waals surface area (Å²) in [5.41, 5.74) is 2.42. The van der Waals surface area contributed by atoms with Crippen molar-refractivity contribution in [3.8, 4) is 6.07 Å². The molecule has 2 heterocycles. The van der Waals surface area contributed by atoms with E-state index < -0.39 is 5.60 Å². The highest BCUT2D eigenvalue weighted by Crippen LogP contribution is 2.37. The van der Waals surface area contributed by atoms with Gasteiger partial charge in [0.25, 0.3) is 0 Å². The van der Waals surface area contributed by atoms with Crippen LogP contribution in [0.1, 0.15) is 56.4 Å². The molecule has 0 unspecified atom stereocenters. The Hall–Kier alpha value is -2.06. The van der Waals surface area contributed by atoms with Gasteiger partial charge in [0, 0.05) is 6.54 Å². The van der Waals surface area contributed by atoms with Crippen LogP contribution in [0, 0.1) is 11.3 Å². The molecule has 2 atom stereocenters. The molecule has 0 bridgehead atoms. The largest absolute Gasteiger partial charge is 0.444 e. The third-order valence-corrected chi connectivity index (χ3v) is 4.52. The van der Waals surface area contributed by atoms with Crippen molar-refractivity contribution in [3.63, 3.8) is 0 Å². The molecule has 1 saturated heterocycles. The van der Waals surface area contributed by atoms with Gasteiger partial charge in [-0.15, -0.1) is 0 Å². The number of ether oxygens (including phenoxy) is 2. The van der Waals surface area contributed by atoms with Gasteiger partial charge in [-0.2, -0.15) is 5.26 Å². The summed E-state index contributed by atoms with van der Waals surface area (Å²) in [6.45, 7) is 6.96. The minimum atomic E-state index is -0.503. The van der Waals surface area contributed by atoms with Crippen LogP contribution in [0.2, 0.25) is 0 Å². The lowest BCUT2D eigenvalue weighted by Gasteiger charge is -2.36. The molecule has 0 N–H and O–H groups in total. The summed E-state index contributed by atoms with van der Waals surface area (Å²) in [6.07, 6.45) is 2.25. The molecule has 0 radical (unpaired) electrons. The zero-order chi connectivity index (χ0) is 17.3. The Morgan fingerprint density at radius 3 is 2.92 bits per heavy atom. The summed E-state index contributed by atoms with van der Waals surface area (Å²) < 4.78 is 11.6. The van der Waals surface area contributed by atoms with Crippen LogP contribution in [0.4, 0.5) is 4.79 Å². The molecule has 1 aromatic carbocycles. The van der Waals surface area contributed by atoms with Gasteiger partial charge < -0.3 is 14.4 Å². The summed E-state index contributed by atoms with van der Waals surface area (Å²) in [4.78, 5) is 14.3. The second-order valence-corrected chi connectivity index (χ2v) is 7.45. The summed E-state index contributed by atoms with van der Waals surface area (Å²) in [6, 6.07) is 7.93.